The molecule has 51 heavy (non-hydrogen) atoms. The van der Waals surface area contributed by atoms with Gasteiger partial charge in [0, 0.05) is 33.9 Å². The van der Waals surface area contributed by atoms with Crippen LogP contribution in [0.15, 0.2) is 133 Å². The van der Waals surface area contributed by atoms with Crippen molar-refractivity contribution in [2.45, 2.75) is 50.9 Å². The third kappa shape index (κ3) is 3.65. The number of aryl methyl sites for hydroxylation is 1. The van der Waals surface area contributed by atoms with E-state index in [-0.39, 0.29) is 12.1 Å². The van der Waals surface area contributed by atoms with Crippen molar-refractivity contribution < 1.29 is 2.74 Å². The molecule has 7 aliphatic rings. The van der Waals surface area contributed by atoms with E-state index in [2.05, 4.69) is 126 Å². The van der Waals surface area contributed by atoms with Gasteiger partial charge in [-0.25, -0.2) is 0 Å². The Bertz CT molecular complexity index is 2480. The lowest BCUT2D eigenvalue weighted by atomic mass is 9.32. The number of hydrogen-bond acceptors (Lipinski definition) is 2. The molecular formula is C48H41BN2. The van der Waals surface area contributed by atoms with E-state index in [1.54, 1.807) is 0 Å². The summed E-state index contributed by atoms with van der Waals surface area (Å²) in [6, 6.07) is 46.0. The highest BCUT2D eigenvalue weighted by Gasteiger charge is 2.62. The third-order valence-corrected chi connectivity index (χ3v) is 14.0. The molecule has 0 N–H and O–H groups in total. The van der Waals surface area contributed by atoms with E-state index < -0.39 is 0 Å². The Hall–Kier alpha value is -5.02. The summed E-state index contributed by atoms with van der Waals surface area (Å²) in [5, 5.41) is 0. The Kier molecular flexibility index (Phi) is 5.39. The van der Waals surface area contributed by atoms with Gasteiger partial charge in [0.05, 0.1) is 8.43 Å². The van der Waals surface area contributed by atoms with Gasteiger partial charge in [-0.15, -0.1) is 0 Å². The maximum Gasteiger partial charge on any atom is 0.252 e. The first-order chi connectivity index (χ1) is 26.0. The second-order valence-electron chi connectivity index (χ2n) is 16.3. The van der Waals surface area contributed by atoms with Gasteiger partial charge in [0.2, 0.25) is 0 Å². The van der Waals surface area contributed by atoms with Crippen molar-refractivity contribution in [3.05, 3.63) is 150 Å². The largest absolute Gasteiger partial charge is 0.311 e. The maximum atomic E-state index is 9.57. The highest BCUT2D eigenvalue weighted by atomic mass is 15.2. The first kappa shape index (κ1) is 26.7. The first-order valence-corrected chi connectivity index (χ1v) is 19.3. The number of nitrogens with zero attached hydrogens (tertiary/aromatic N) is 2. The fourth-order valence-corrected chi connectivity index (χ4v) is 12.4. The van der Waals surface area contributed by atoms with Gasteiger partial charge in [0.1, 0.15) is 0 Å². The molecule has 3 heterocycles. The van der Waals surface area contributed by atoms with Crippen molar-refractivity contribution in [3.63, 3.8) is 0 Å². The molecule has 3 aliphatic heterocycles. The van der Waals surface area contributed by atoms with Crippen molar-refractivity contribution in [1.29, 1.82) is 0 Å². The third-order valence-electron chi connectivity index (χ3n) is 14.0. The van der Waals surface area contributed by atoms with Gasteiger partial charge in [0.25, 0.3) is 6.71 Å². The van der Waals surface area contributed by atoms with E-state index in [1.807, 2.05) is 12.1 Å². The van der Waals surface area contributed by atoms with Crippen LogP contribution in [-0.2, 0) is 11.8 Å². The highest BCUT2D eigenvalue weighted by molar-refractivity contribution is 7.00. The van der Waals surface area contributed by atoms with Crippen LogP contribution in [0.25, 0.3) is 11.1 Å². The molecule has 4 saturated carbocycles. The van der Waals surface area contributed by atoms with Crippen molar-refractivity contribution in [1.82, 2.24) is 0 Å². The Labute approximate surface area is 304 Å². The van der Waals surface area contributed by atoms with Crippen LogP contribution in [0, 0.1) is 23.7 Å². The van der Waals surface area contributed by atoms with Crippen LogP contribution in [0.4, 0.5) is 34.1 Å². The van der Waals surface area contributed by atoms with Crippen LogP contribution in [-0.4, -0.2) is 6.71 Å². The quantitative estimate of drug-likeness (QED) is 0.174. The molecule has 0 unspecified atom stereocenters. The number of rotatable bonds is 3. The summed E-state index contributed by atoms with van der Waals surface area (Å²) in [6.45, 7) is 2.25. The molecule has 0 saturated heterocycles. The van der Waals surface area contributed by atoms with Gasteiger partial charge < -0.3 is 9.80 Å². The standard InChI is InChI=1S/C48H41BN2/c1-2-30-20-21-40-43(27-30)50(37-14-7-4-8-15-37)44-28-34(33-12-5-3-6-13-33)29-45-46(44)49(40)41-18-11-17-39-47(41)51(45)42-19-10-9-16-38(42)48(39)35-23-31-22-32(25-35)26-36(48)24-31/h3-21,27-29,31-32,35-36H,2,22-26H2,1H3/i3D,11D. The summed E-state index contributed by atoms with van der Waals surface area (Å²) in [6.07, 6.45) is 7.64. The Morgan fingerprint density at radius 2 is 1.33 bits per heavy atom. The molecule has 2 nitrogen and oxygen atoms in total. The molecule has 0 aromatic heterocycles. The van der Waals surface area contributed by atoms with Crippen LogP contribution in [0.1, 0.15) is 58.5 Å². The van der Waals surface area contributed by atoms with Gasteiger partial charge in [-0.05, 0) is 143 Å². The zero-order valence-electron chi connectivity index (χ0n) is 31.1. The topological polar surface area (TPSA) is 6.48 Å². The van der Waals surface area contributed by atoms with E-state index in [1.165, 1.54) is 93.6 Å². The van der Waals surface area contributed by atoms with Crippen molar-refractivity contribution in [2.75, 3.05) is 9.80 Å². The predicted octanol–water partition coefficient (Wildman–Crippen LogP) is 10.1. The molecule has 4 bridgehead atoms. The number of anilines is 6. The van der Waals surface area contributed by atoms with Crippen LogP contribution >= 0.6 is 0 Å². The van der Waals surface area contributed by atoms with Crippen LogP contribution in [0.3, 0.4) is 0 Å². The molecule has 4 fully saturated rings. The minimum Gasteiger partial charge on any atom is -0.311 e. The summed E-state index contributed by atoms with van der Waals surface area (Å²) in [5.74, 6) is 2.93. The Morgan fingerprint density at radius 1 is 0.608 bits per heavy atom. The number of benzene rings is 6. The zero-order chi connectivity index (χ0) is 35.2. The summed E-state index contributed by atoms with van der Waals surface area (Å²) in [4.78, 5) is 5.12. The van der Waals surface area contributed by atoms with Crippen molar-refractivity contribution in [3.8, 4) is 11.1 Å². The van der Waals surface area contributed by atoms with E-state index in [0.29, 0.717) is 23.9 Å². The molecular weight excluding hydrogens is 615 g/mol. The lowest BCUT2D eigenvalue weighted by molar-refractivity contribution is -0.0419. The summed E-state index contributed by atoms with van der Waals surface area (Å²) in [5.41, 5.74) is 17.8. The maximum absolute atomic E-state index is 9.57. The smallest absolute Gasteiger partial charge is 0.252 e. The predicted molar refractivity (Wildman–Crippen MR) is 213 cm³/mol. The van der Waals surface area contributed by atoms with Crippen LogP contribution < -0.4 is 26.2 Å². The Balaban J connectivity index is 1.22. The van der Waals surface area contributed by atoms with E-state index in [0.717, 1.165) is 35.1 Å². The Morgan fingerprint density at radius 3 is 2.10 bits per heavy atom. The van der Waals surface area contributed by atoms with Crippen molar-refractivity contribution in [2.24, 2.45) is 23.7 Å². The average molecular weight is 659 g/mol. The molecule has 4 aliphatic carbocycles. The van der Waals surface area contributed by atoms with Gasteiger partial charge in [-0.3, -0.25) is 0 Å². The van der Waals surface area contributed by atoms with Crippen molar-refractivity contribution >= 4 is 57.2 Å². The fourth-order valence-electron chi connectivity index (χ4n) is 12.4. The molecule has 0 radical (unpaired) electrons. The lowest BCUT2D eigenvalue weighted by Gasteiger charge is -2.64. The number of para-hydroxylation sites is 3. The van der Waals surface area contributed by atoms with Gasteiger partial charge in [-0.1, -0.05) is 104 Å². The lowest BCUT2D eigenvalue weighted by Crippen LogP contribution is -2.64. The zero-order valence-corrected chi connectivity index (χ0v) is 29.1. The SMILES string of the molecule is [2H]c1ccc(-c2cc3c4c(c2)N2c5ccccc5C5(c6cc([2H])cc(c62)B4c2ccc(CC)cc2N3c2ccccc2)C2CC3CC(C2)CC5C3)cc1. The number of fused-ring (bicyclic) bond motifs is 6. The van der Waals surface area contributed by atoms with Gasteiger partial charge >= 0.3 is 0 Å². The molecule has 6 aromatic carbocycles. The summed E-state index contributed by atoms with van der Waals surface area (Å²) in [7, 11) is 0. The summed E-state index contributed by atoms with van der Waals surface area (Å²) < 4.78 is 17.9. The van der Waals surface area contributed by atoms with E-state index >= 15 is 0 Å². The fraction of sp³-hybridized carbons (Fsp3) is 0.250. The summed E-state index contributed by atoms with van der Waals surface area (Å²) >= 11 is 0. The second-order valence-corrected chi connectivity index (χ2v) is 16.3. The number of hydrogen-bond donors (Lipinski definition) is 0. The van der Waals surface area contributed by atoms with Crippen LogP contribution in [0.2, 0.25) is 0 Å². The molecule has 246 valence electrons. The van der Waals surface area contributed by atoms with Gasteiger partial charge in [-0.2, -0.15) is 0 Å². The molecule has 3 heteroatoms. The minimum absolute atomic E-state index is 0.0000164. The second kappa shape index (κ2) is 10.3. The average Bonchev–Trinajstić information content (AvgIpc) is 3.18. The monoisotopic (exact) mass is 658 g/mol. The van der Waals surface area contributed by atoms with Gasteiger partial charge in [0.15, 0.2) is 0 Å². The first-order valence-electron chi connectivity index (χ1n) is 20.3. The molecule has 6 aromatic rings. The van der Waals surface area contributed by atoms with E-state index in [4.69, 9.17) is 1.37 Å². The van der Waals surface area contributed by atoms with E-state index in [9.17, 15) is 1.37 Å². The molecule has 1 spiro atoms. The highest BCUT2D eigenvalue weighted by Crippen LogP contribution is 2.69. The molecule has 13 rings (SSSR count). The van der Waals surface area contributed by atoms with Crippen LogP contribution in [0.5, 0.6) is 0 Å². The normalized spacial score (nSPS) is 25.9. The molecule has 0 atom stereocenters. The minimum atomic E-state index is -0.0663. The molecule has 0 amide bonds.